The predicted octanol–water partition coefficient (Wildman–Crippen LogP) is 5.11. The molecule has 0 unspecified atom stereocenters. The number of hydrogen-bond acceptors (Lipinski definition) is 2. The number of carbonyl (C=O) groups excluding carboxylic acids is 1. The van der Waals surface area contributed by atoms with E-state index in [4.69, 9.17) is 4.74 Å². The first kappa shape index (κ1) is 19.8. The Bertz CT molecular complexity index is 1130. The molecular formula is C26H26N2O2. The SMILES string of the molecule is Cc1cc(C)cc(OCC(=O)NC[C@@H](c2ccccc2)c2c[nH]c3ccccc23)c1. The molecule has 1 amide bonds. The van der Waals surface area contributed by atoms with E-state index >= 15 is 0 Å². The maximum atomic E-state index is 12.5. The Labute approximate surface area is 176 Å². The third-order valence-corrected chi connectivity index (χ3v) is 5.27. The molecule has 0 saturated carbocycles. The van der Waals surface area contributed by atoms with E-state index < -0.39 is 0 Å². The fourth-order valence-corrected chi connectivity index (χ4v) is 3.91. The van der Waals surface area contributed by atoms with E-state index in [1.54, 1.807) is 0 Å². The van der Waals surface area contributed by atoms with E-state index in [1.165, 1.54) is 10.9 Å². The van der Waals surface area contributed by atoms with Crippen molar-refractivity contribution in [3.8, 4) is 5.75 Å². The van der Waals surface area contributed by atoms with E-state index in [0.29, 0.717) is 6.54 Å². The highest BCUT2D eigenvalue weighted by Gasteiger charge is 2.19. The van der Waals surface area contributed by atoms with Gasteiger partial charge in [0.05, 0.1) is 0 Å². The van der Waals surface area contributed by atoms with Gasteiger partial charge in [0.25, 0.3) is 5.91 Å². The minimum atomic E-state index is -0.130. The maximum absolute atomic E-state index is 12.5. The molecule has 152 valence electrons. The maximum Gasteiger partial charge on any atom is 0.257 e. The van der Waals surface area contributed by atoms with Gasteiger partial charge in [-0.1, -0.05) is 54.6 Å². The number of carbonyl (C=O) groups is 1. The Morgan fingerprint density at radius 2 is 1.67 bits per heavy atom. The molecule has 4 rings (SSSR count). The first-order valence-electron chi connectivity index (χ1n) is 10.2. The van der Waals surface area contributed by atoms with E-state index in [1.807, 2.05) is 62.5 Å². The van der Waals surface area contributed by atoms with E-state index in [-0.39, 0.29) is 18.4 Å². The number of aromatic amines is 1. The highest BCUT2D eigenvalue weighted by Crippen LogP contribution is 2.30. The lowest BCUT2D eigenvalue weighted by atomic mass is 9.91. The normalized spacial score (nSPS) is 11.9. The summed E-state index contributed by atoms with van der Waals surface area (Å²) in [6, 6.07) is 24.5. The van der Waals surface area contributed by atoms with Crippen molar-refractivity contribution >= 4 is 16.8 Å². The molecule has 4 aromatic rings. The second-order valence-corrected chi connectivity index (χ2v) is 7.67. The van der Waals surface area contributed by atoms with Gasteiger partial charge in [0.15, 0.2) is 6.61 Å². The second kappa shape index (κ2) is 8.87. The van der Waals surface area contributed by atoms with Crippen LogP contribution >= 0.6 is 0 Å². The van der Waals surface area contributed by atoms with E-state index in [0.717, 1.165) is 28.0 Å². The van der Waals surface area contributed by atoms with Gasteiger partial charge in [-0.3, -0.25) is 4.79 Å². The van der Waals surface area contributed by atoms with Gasteiger partial charge in [-0.2, -0.15) is 0 Å². The van der Waals surface area contributed by atoms with Crippen molar-refractivity contribution in [1.82, 2.24) is 10.3 Å². The molecule has 0 fully saturated rings. The van der Waals surface area contributed by atoms with E-state index in [9.17, 15) is 4.79 Å². The van der Waals surface area contributed by atoms with Gasteiger partial charge in [-0.15, -0.1) is 0 Å². The molecule has 0 saturated heterocycles. The number of benzene rings is 3. The second-order valence-electron chi connectivity index (χ2n) is 7.67. The molecule has 4 heteroatoms. The zero-order valence-corrected chi connectivity index (χ0v) is 17.3. The number of amides is 1. The summed E-state index contributed by atoms with van der Waals surface area (Å²) in [5.74, 6) is 0.640. The predicted molar refractivity (Wildman–Crippen MR) is 121 cm³/mol. The van der Waals surface area contributed by atoms with Gasteiger partial charge in [-0.25, -0.2) is 0 Å². The summed E-state index contributed by atoms with van der Waals surface area (Å²) in [6.07, 6.45) is 2.04. The van der Waals surface area contributed by atoms with Gasteiger partial charge < -0.3 is 15.0 Å². The van der Waals surface area contributed by atoms with Crippen molar-refractivity contribution in [3.05, 3.63) is 101 Å². The average Bonchev–Trinajstić information content (AvgIpc) is 3.17. The van der Waals surface area contributed by atoms with Gasteiger partial charge in [-0.05, 0) is 54.3 Å². The molecule has 1 atom stereocenters. The number of ether oxygens (including phenoxy) is 1. The number of aromatic nitrogens is 1. The number of rotatable bonds is 7. The van der Waals surface area contributed by atoms with Crippen LogP contribution in [0.1, 0.15) is 28.2 Å². The largest absolute Gasteiger partial charge is 0.484 e. The number of fused-ring (bicyclic) bond motifs is 1. The van der Waals surface area contributed by atoms with Crippen molar-refractivity contribution < 1.29 is 9.53 Å². The summed E-state index contributed by atoms with van der Waals surface area (Å²) in [6.45, 7) is 4.54. The minimum Gasteiger partial charge on any atom is -0.484 e. The van der Waals surface area contributed by atoms with Crippen molar-refractivity contribution in [2.45, 2.75) is 19.8 Å². The van der Waals surface area contributed by atoms with Crippen LogP contribution in [0.5, 0.6) is 5.75 Å². The van der Waals surface area contributed by atoms with Crippen LogP contribution < -0.4 is 10.1 Å². The Morgan fingerprint density at radius 1 is 0.967 bits per heavy atom. The zero-order chi connectivity index (χ0) is 20.9. The zero-order valence-electron chi connectivity index (χ0n) is 17.3. The first-order chi connectivity index (χ1) is 14.6. The van der Waals surface area contributed by atoms with Gasteiger partial charge in [0.2, 0.25) is 0 Å². The van der Waals surface area contributed by atoms with Crippen LogP contribution in [0, 0.1) is 13.8 Å². The van der Waals surface area contributed by atoms with Gasteiger partial charge in [0.1, 0.15) is 5.75 Å². The monoisotopic (exact) mass is 398 g/mol. The number of aryl methyl sites for hydroxylation is 2. The Morgan fingerprint density at radius 3 is 2.43 bits per heavy atom. The smallest absolute Gasteiger partial charge is 0.257 e. The third kappa shape index (κ3) is 4.54. The molecule has 0 bridgehead atoms. The summed E-state index contributed by atoms with van der Waals surface area (Å²) in [5.41, 5.74) is 5.67. The molecular weight excluding hydrogens is 372 g/mol. The summed E-state index contributed by atoms with van der Waals surface area (Å²) in [5, 5.41) is 4.23. The summed E-state index contributed by atoms with van der Waals surface area (Å²) < 4.78 is 5.71. The van der Waals surface area contributed by atoms with Crippen LogP contribution in [0.2, 0.25) is 0 Å². The lowest BCUT2D eigenvalue weighted by Gasteiger charge is -2.18. The molecule has 0 aliphatic rings. The molecule has 1 aromatic heterocycles. The fraction of sp³-hybridized carbons (Fsp3) is 0.192. The number of nitrogens with one attached hydrogen (secondary N) is 2. The van der Waals surface area contributed by atoms with Crippen LogP contribution in [0.15, 0.2) is 79.0 Å². The fourth-order valence-electron chi connectivity index (χ4n) is 3.91. The molecule has 0 aliphatic heterocycles. The minimum absolute atomic E-state index is 0.00170. The third-order valence-electron chi connectivity index (χ3n) is 5.27. The Kier molecular flexibility index (Phi) is 5.84. The van der Waals surface area contributed by atoms with Crippen LogP contribution in [0.25, 0.3) is 10.9 Å². The number of hydrogen-bond donors (Lipinski definition) is 2. The summed E-state index contributed by atoms with van der Waals surface area (Å²) in [7, 11) is 0. The summed E-state index contributed by atoms with van der Waals surface area (Å²) in [4.78, 5) is 15.9. The quantitative estimate of drug-likeness (QED) is 0.454. The first-order valence-corrected chi connectivity index (χ1v) is 10.2. The summed E-state index contributed by atoms with van der Waals surface area (Å²) >= 11 is 0. The topological polar surface area (TPSA) is 54.1 Å². The van der Waals surface area contributed by atoms with E-state index in [2.05, 4.69) is 40.6 Å². The highest BCUT2D eigenvalue weighted by atomic mass is 16.5. The van der Waals surface area contributed by atoms with Crippen LogP contribution in [0.4, 0.5) is 0 Å². The average molecular weight is 399 g/mol. The highest BCUT2D eigenvalue weighted by molar-refractivity contribution is 5.84. The van der Waals surface area contributed by atoms with Crippen LogP contribution in [-0.2, 0) is 4.79 Å². The molecule has 0 radical (unpaired) electrons. The van der Waals surface area contributed by atoms with Crippen molar-refractivity contribution in [1.29, 1.82) is 0 Å². The molecule has 2 N–H and O–H groups in total. The van der Waals surface area contributed by atoms with Crippen LogP contribution in [-0.4, -0.2) is 24.0 Å². The lowest BCUT2D eigenvalue weighted by molar-refractivity contribution is -0.123. The molecule has 0 spiro atoms. The molecule has 1 heterocycles. The molecule has 0 aliphatic carbocycles. The lowest BCUT2D eigenvalue weighted by Crippen LogP contribution is -2.32. The van der Waals surface area contributed by atoms with Crippen molar-refractivity contribution in [3.63, 3.8) is 0 Å². The van der Waals surface area contributed by atoms with Crippen molar-refractivity contribution in [2.24, 2.45) is 0 Å². The Hall–Kier alpha value is -3.53. The molecule has 3 aromatic carbocycles. The standard InChI is InChI=1S/C26H26N2O2/c1-18-12-19(2)14-21(13-18)30-17-26(29)28-15-23(20-8-4-3-5-9-20)24-16-27-25-11-7-6-10-22(24)25/h3-14,16,23,27H,15,17H2,1-2H3,(H,28,29)/t23-/m0/s1. The number of H-pyrrole nitrogens is 1. The van der Waals surface area contributed by atoms with Gasteiger partial charge >= 0.3 is 0 Å². The van der Waals surface area contributed by atoms with Crippen LogP contribution in [0.3, 0.4) is 0 Å². The molecule has 4 nitrogen and oxygen atoms in total. The van der Waals surface area contributed by atoms with Gasteiger partial charge in [0, 0.05) is 29.6 Å². The van der Waals surface area contributed by atoms with Crippen molar-refractivity contribution in [2.75, 3.05) is 13.2 Å². The Balaban J connectivity index is 1.48. The molecule has 30 heavy (non-hydrogen) atoms. The number of para-hydroxylation sites is 1.